The summed E-state index contributed by atoms with van der Waals surface area (Å²) >= 11 is 0. The summed E-state index contributed by atoms with van der Waals surface area (Å²) in [6.07, 6.45) is 1.15. The van der Waals surface area contributed by atoms with Crippen LogP contribution in [0.25, 0.3) is 5.69 Å². The summed E-state index contributed by atoms with van der Waals surface area (Å²) in [6, 6.07) is 8.67. The fraction of sp³-hybridized carbons (Fsp3) is 0.559. The van der Waals surface area contributed by atoms with Crippen LogP contribution in [0.5, 0.6) is 5.88 Å². The largest absolute Gasteiger partial charge is 0.481 e. The smallest absolute Gasteiger partial charge is 0.409 e. The molecule has 1 saturated carbocycles. The molecular weight excluding hydrogens is 650 g/mol. The molecule has 16 nitrogen and oxygen atoms in total. The van der Waals surface area contributed by atoms with E-state index in [1.54, 1.807) is 55.0 Å². The van der Waals surface area contributed by atoms with Gasteiger partial charge >= 0.3 is 12.1 Å². The number of piperazine rings is 1. The molecular formula is C34H45N7O9. The highest BCUT2D eigenvalue weighted by molar-refractivity contribution is 5.96. The number of carboxylic acids is 1. The highest BCUT2D eigenvalue weighted by Gasteiger charge is 2.41. The Balaban J connectivity index is 1.31. The number of carbonyl (C=O) groups is 6. The molecule has 3 aliphatic rings. The predicted molar refractivity (Wildman–Crippen MR) is 177 cm³/mol. The van der Waals surface area contributed by atoms with Gasteiger partial charge in [-0.05, 0) is 58.1 Å². The van der Waals surface area contributed by atoms with E-state index < -0.39 is 42.1 Å². The van der Waals surface area contributed by atoms with Crippen LogP contribution in [0.1, 0.15) is 62.9 Å². The van der Waals surface area contributed by atoms with Gasteiger partial charge in [-0.1, -0.05) is 18.2 Å². The van der Waals surface area contributed by atoms with Crippen LogP contribution in [0.3, 0.4) is 0 Å². The van der Waals surface area contributed by atoms with Crippen LogP contribution in [-0.4, -0.2) is 141 Å². The zero-order chi connectivity index (χ0) is 35.9. The Hall–Kier alpha value is -5.15. The predicted octanol–water partition coefficient (Wildman–Crippen LogP) is 1.52. The summed E-state index contributed by atoms with van der Waals surface area (Å²) < 4.78 is 12.5. The molecule has 5 rings (SSSR count). The van der Waals surface area contributed by atoms with Crippen LogP contribution in [-0.2, 0) is 23.9 Å². The number of carboxylic acid groups (broad SMARTS) is 1. The van der Waals surface area contributed by atoms with Crippen molar-refractivity contribution in [2.45, 2.75) is 76.6 Å². The molecule has 2 saturated heterocycles. The Morgan fingerprint density at radius 1 is 0.980 bits per heavy atom. The van der Waals surface area contributed by atoms with E-state index in [0.717, 1.165) is 12.8 Å². The standard InChI is InChI=1S/C34H45N7O9/c1-4-49-34(48)39-19-17-38(18-20-39)32(46)25(14-15-29(42)43)35-30(44)26-21-28(41(36-26)24-9-6-5-7-10-24)50-22(2)31(45)40-16-8-11-27(40)33(47)37(3)23-12-13-23/h5-7,9-10,21-23,25,27H,4,8,11-20H2,1-3H3,(H,35,44)(H,42,43)/t22-,25+,27+/m1/s1. The molecule has 1 aromatic carbocycles. The third-order valence-corrected chi connectivity index (χ3v) is 9.19. The van der Waals surface area contributed by atoms with Crippen molar-refractivity contribution in [2.75, 3.05) is 46.4 Å². The van der Waals surface area contributed by atoms with Crippen LogP contribution < -0.4 is 10.1 Å². The molecule has 2 N–H and O–H groups in total. The van der Waals surface area contributed by atoms with E-state index in [0.29, 0.717) is 25.1 Å². The number of hydrogen-bond acceptors (Lipinski definition) is 9. The van der Waals surface area contributed by atoms with E-state index >= 15 is 0 Å². The number of benzene rings is 1. The Morgan fingerprint density at radius 3 is 2.30 bits per heavy atom. The summed E-state index contributed by atoms with van der Waals surface area (Å²) in [5.74, 6) is -2.71. The lowest BCUT2D eigenvalue weighted by Crippen LogP contribution is -2.56. The van der Waals surface area contributed by atoms with Crippen LogP contribution in [0, 0.1) is 0 Å². The van der Waals surface area contributed by atoms with Gasteiger partial charge in [-0.3, -0.25) is 24.0 Å². The van der Waals surface area contributed by atoms with E-state index in [1.807, 2.05) is 6.07 Å². The van der Waals surface area contributed by atoms with Gasteiger partial charge in [-0.15, -0.1) is 0 Å². The molecule has 2 aliphatic heterocycles. The summed E-state index contributed by atoms with van der Waals surface area (Å²) in [7, 11) is 1.78. The number of amides is 5. The van der Waals surface area contributed by atoms with Crippen molar-refractivity contribution in [1.82, 2.24) is 34.7 Å². The number of nitrogens with one attached hydrogen (secondary N) is 1. The number of para-hydroxylation sites is 1. The van der Waals surface area contributed by atoms with Gasteiger partial charge in [0.15, 0.2) is 11.8 Å². The van der Waals surface area contributed by atoms with Crippen molar-refractivity contribution in [1.29, 1.82) is 0 Å². The minimum atomic E-state index is -1.18. The highest BCUT2D eigenvalue weighted by Crippen LogP contribution is 2.29. The molecule has 16 heteroatoms. The van der Waals surface area contributed by atoms with Crippen molar-refractivity contribution in [2.24, 2.45) is 0 Å². The molecule has 3 atom stereocenters. The average molecular weight is 696 g/mol. The maximum absolute atomic E-state index is 13.7. The lowest BCUT2D eigenvalue weighted by atomic mass is 10.1. The monoisotopic (exact) mass is 695 g/mol. The fourth-order valence-corrected chi connectivity index (χ4v) is 6.24. The number of carbonyl (C=O) groups excluding carboxylic acids is 5. The Kier molecular flexibility index (Phi) is 11.6. The molecule has 2 aromatic rings. The van der Waals surface area contributed by atoms with Gasteiger partial charge in [-0.2, -0.15) is 5.10 Å². The number of aromatic nitrogens is 2. The second-order valence-corrected chi connectivity index (χ2v) is 12.7. The summed E-state index contributed by atoms with van der Waals surface area (Å²) in [5, 5.41) is 16.4. The SMILES string of the molecule is CCOC(=O)N1CCN(C(=O)[C@H](CCC(=O)O)NC(=O)c2cc(O[C@H](C)C(=O)N3CCC[C@H]3C(=O)N(C)C3CC3)n(-c3ccccc3)n2)CC1. The van der Waals surface area contributed by atoms with Crippen molar-refractivity contribution in [3.05, 3.63) is 42.1 Å². The molecule has 3 fully saturated rings. The normalized spacial score (nSPS) is 18.6. The highest BCUT2D eigenvalue weighted by atomic mass is 16.6. The zero-order valence-corrected chi connectivity index (χ0v) is 28.7. The van der Waals surface area contributed by atoms with Crippen LogP contribution in [0.15, 0.2) is 36.4 Å². The summed E-state index contributed by atoms with van der Waals surface area (Å²) in [5.41, 5.74) is 0.420. The number of aliphatic carboxylic acids is 1. The number of hydrogen-bond donors (Lipinski definition) is 2. The van der Waals surface area contributed by atoms with E-state index in [4.69, 9.17) is 9.47 Å². The number of likely N-dealkylation sites (tertiary alicyclic amines) is 1. The first-order valence-corrected chi connectivity index (χ1v) is 17.1. The molecule has 50 heavy (non-hydrogen) atoms. The molecule has 0 spiro atoms. The quantitative estimate of drug-likeness (QED) is 0.312. The molecule has 1 aromatic heterocycles. The fourth-order valence-electron chi connectivity index (χ4n) is 6.24. The Labute approximate surface area is 290 Å². The van der Waals surface area contributed by atoms with Crippen molar-refractivity contribution >= 4 is 35.7 Å². The number of ether oxygens (including phenoxy) is 2. The average Bonchev–Trinajstić information content (AvgIpc) is 3.70. The lowest BCUT2D eigenvalue weighted by molar-refractivity contribution is -0.147. The third kappa shape index (κ3) is 8.52. The van der Waals surface area contributed by atoms with Gasteiger partial charge in [-0.25, -0.2) is 9.48 Å². The van der Waals surface area contributed by atoms with Crippen molar-refractivity contribution < 1.29 is 43.3 Å². The maximum Gasteiger partial charge on any atom is 0.409 e. The topological polar surface area (TPSA) is 184 Å². The molecule has 0 radical (unpaired) electrons. The summed E-state index contributed by atoms with van der Waals surface area (Å²) in [6.45, 7) is 4.76. The first-order chi connectivity index (χ1) is 24.0. The van der Waals surface area contributed by atoms with Crippen LogP contribution in [0.4, 0.5) is 4.79 Å². The second-order valence-electron chi connectivity index (χ2n) is 12.7. The van der Waals surface area contributed by atoms with Crippen LogP contribution in [0.2, 0.25) is 0 Å². The first-order valence-electron chi connectivity index (χ1n) is 17.1. The second kappa shape index (κ2) is 16.0. The van der Waals surface area contributed by atoms with Crippen molar-refractivity contribution in [3.63, 3.8) is 0 Å². The third-order valence-electron chi connectivity index (χ3n) is 9.19. The molecule has 270 valence electrons. The minimum Gasteiger partial charge on any atom is -0.481 e. The van der Waals surface area contributed by atoms with E-state index in [-0.39, 0.29) is 75.1 Å². The number of likely N-dealkylation sites (N-methyl/N-ethyl adjacent to an activating group) is 1. The molecule has 0 unspecified atom stereocenters. The van der Waals surface area contributed by atoms with Gasteiger partial charge in [0.25, 0.3) is 11.8 Å². The minimum absolute atomic E-state index is 0.0771. The number of nitrogens with zero attached hydrogens (tertiary/aromatic N) is 6. The van der Waals surface area contributed by atoms with Crippen LogP contribution >= 0.6 is 0 Å². The van der Waals surface area contributed by atoms with Gasteiger partial charge in [0.05, 0.1) is 12.3 Å². The molecule has 3 heterocycles. The maximum atomic E-state index is 13.7. The van der Waals surface area contributed by atoms with Gasteiger partial charge in [0.2, 0.25) is 17.7 Å². The Morgan fingerprint density at radius 2 is 1.66 bits per heavy atom. The van der Waals surface area contributed by atoms with E-state index in [2.05, 4.69) is 10.4 Å². The molecule has 1 aliphatic carbocycles. The van der Waals surface area contributed by atoms with E-state index in [1.165, 1.54) is 20.5 Å². The Bertz CT molecular complexity index is 1570. The zero-order valence-electron chi connectivity index (χ0n) is 28.7. The molecule has 5 amide bonds. The van der Waals surface area contributed by atoms with Gasteiger partial charge in [0, 0.05) is 58.3 Å². The molecule has 0 bridgehead atoms. The summed E-state index contributed by atoms with van der Waals surface area (Å²) in [4.78, 5) is 83.8. The van der Waals surface area contributed by atoms with Gasteiger partial charge in [0.1, 0.15) is 12.1 Å². The van der Waals surface area contributed by atoms with Gasteiger partial charge < -0.3 is 39.5 Å². The first kappa shape index (κ1) is 36.1. The van der Waals surface area contributed by atoms with Crippen molar-refractivity contribution in [3.8, 4) is 11.6 Å². The lowest BCUT2D eigenvalue weighted by Gasteiger charge is -2.35. The number of rotatable bonds is 13. The van der Waals surface area contributed by atoms with E-state index in [9.17, 15) is 33.9 Å².